The van der Waals surface area contributed by atoms with E-state index in [-0.39, 0.29) is 11.9 Å². The largest absolute Gasteiger partial charge is 0.443 e. The van der Waals surface area contributed by atoms with Crippen LogP contribution in [0.15, 0.2) is 36.4 Å². The van der Waals surface area contributed by atoms with E-state index in [0.717, 1.165) is 25.7 Å². The van der Waals surface area contributed by atoms with Crippen molar-refractivity contribution in [3.63, 3.8) is 0 Å². The first-order chi connectivity index (χ1) is 12.6. The van der Waals surface area contributed by atoms with Crippen LogP contribution in [-0.4, -0.2) is 17.9 Å². The van der Waals surface area contributed by atoms with Crippen LogP contribution in [0.3, 0.4) is 0 Å². The molecule has 26 heavy (non-hydrogen) atoms. The molecule has 1 amide bonds. The van der Waals surface area contributed by atoms with Crippen molar-refractivity contribution >= 4 is 23.2 Å². The first-order valence-electron chi connectivity index (χ1n) is 9.28. The van der Waals surface area contributed by atoms with E-state index in [1.54, 1.807) is 0 Å². The number of hydrogen-bond acceptors (Lipinski definition) is 4. The predicted molar refractivity (Wildman–Crippen MR) is 101 cm³/mol. The highest BCUT2D eigenvalue weighted by atomic mass is 32.1. The molecule has 136 valence electrons. The molecule has 1 saturated carbocycles. The third-order valence-electron chi connectivity index (χ3n) is 5.02. The number of carbonyl (C=O) groups excluding carboxylic acids is 2. The van der Waals surface area contributed by atoms with Gasteiger partial charge in [0.05, 0.1) is 0 Å². The number of ether oxygens (including phenoxy) is 1. The van der Waals surface area contributed by atoms with Gasteiger partial charge in [-0.15, -0.1) is 11.3 Å². The van der Waals surface area contributed by atoms with Gasteiger partial charge in [0.1, 0.15) is 4.88 Å². The van der Waals surface area contributed by atoms with Crippen molar-refractivity contribution in [1.82, 2.24) is 5.32 Å². The molecule has 1 heterocycles. The maximum absolute atomic E-state index is 12.7. The van der Waals surface area contributed by atoms with E-state index in [1.165, 1.54) is 28.2 Å². The van der Waals surface area contributed by atoms with E-state index >= 15 is 0 Å². The van der Waals surface area contributed by atoms with E-state index in [9.17, 15) is 9.59 Å². The standard InChI is InChI=1S/C21H23NO3S/c1-13-7-10-17-15(11-13)12-18(26-17)21(24)25-19(14-5-3-2-4-6-14)20(23)22-16-8-9-16/h2-6,12-13,16,19H,7-11H2,1H3,(H,22,23)/t13-,19+/m0/s1. The van der Waals surface area contributed by atoms with Crippen molar-refractivity contribution in [2.75, 3.05) is 0 Å². The lowest BCUT2D eigenvalue weighted by Crippen LogP contribution is -2.33. The van der Waals surface area contributed by atoms with Crippen LogP contribution in [-0.2, 0) is 22.4 Å². The van der Waals surface area contributed by atoms with Gasteiger partial charge in [-0.3, -0.25) is 4.79 Å². The molecule has 1 N–H and O–H groups in total. The van der Waals surface area contributed by atoms with Gasteiger partial charge in [0.15, 0.2) is 0 Å². The van der Waals surface area contributed by atoms with Crippen molar-refractivity contribution < 1.29 is 14.3 Å². The number of carbonyl (C=O) groups is 2. The van der Waals surface area contributed by atoms with Crippen molar-refractivity contribution in [1.29, 1.82) is 0 Å². The van der Waals surface area contributed by atoms with Crippen LogP contribution in [0, 0.1) is 5.92 Å². The number of benzene rings is 1. The summed E-state index contributed by atoms with van der Waals surface area (Å²) in [7, 11) is 0. The van der Waals surface area contributed by atoms with E-state index in [4.69, 9.17) is 4.74 Å². The number of rotatable bonds is 5. The normalized spacial score (nSPS) is 20.1. The highest BCUT2D eigenvalue weighted by molar-refractivity contribution is 7.14. The van der Waals surface area contributed by atoms with Gasteiger partial charge in [-0.1, -0.05) is 37.3 Å². The minimum absolute atomic E-state index is 0.225. The van der Waals surface area contributed by atoms with Crippen LogP contribution in [0.1, 0.15) is 58.0 Å². The maximum Gasteiger partial charge on any atom is 0.349 e. The maximum atomic E-state index is 12.7. The quantitative estimate of drug-likeness (QED) is 0.809. The topological polar surface area (TPSA) is 55.4 Å². The second kappa shape index (κ2) is 7.23. The number of aryl methyl sites for hydroxylation is 1. The predicted octanol–water partition coefficient (Wildman–Crippen LogP) is 4.05. The summed E-state index contributed by atoms with van der Waals surface area (Å²) in [5, 5.41) is 2.95. The Hall–Kier alpha value is -2.14. The minimum Gasteiger partial charge on any atom is -0.443 e. The van der Waals surface area contributed by atoms with Crippen LogP contribution in [0.4, 0.5) is 0 Å². The van der Waals surface area contributed by atoms with Crippen LogP contribution in [0.5, 0.6) is 0 Å². The first kappa shape index (κ1) is 17.3. The Balaban J connectivity index is 1.53. The van der Waals surface area contributed by atoms with Crippen LogP contribution >= 0.6 is 11.3 Å². The van der Waals surface area contributed by atoms with Crippen LogP contribution in [0.2, 0.25) is 0 Å². The van der Waals surface area contributed by atoms with E-state index < -0.39 is 12.1 Å². The Bertz CT molecular complexity index is 810. The van der Waals surface area contributed by atoms with Gasteiger partial charge in [0.25, 0.3) is 5.91 Å². The average Bonchev–Trinajstić information content (AvgIpc) is 3.35. The molecule has 2 aliphatic carbocycles. The Labute approximate surface area is 157 Å². The summed E-state index contributed by atoms with van der Waals surface area (Å²) in [6.07, 6.45) is 4.30. The van der Waals surface area contributed by atoms with Gasteiger partial charge in [0.2, 0.25) is 6.10 Å². The molecule has 0 radical (unpaired) electrons. The van der Waals surface area contributed by atoms with Crippen molar-refractivity contribution in [2.45, 2.75) is 51.2 Å². The number of hydrogen-bond donors (Lipinski definition) is 1. The van der Waals surface area contributed by atoms with Crippen molar-refractivity contribution in [2.24, 2.45) is 5.92 Å². The molecule has 2 aliphatic rings. The number of thiophene rings is 1. The minimum atomic E-state index is -0.901. The number of fused-ring (bicyclic) bond motifs is 1. The summed E-state index contributed by atoms with van der Waals surface area (Å²) in [4.78, 5) is 27.2. The molecule has 4 nitrogen and oxygen atoms in total. The molecule has 0 unspecified atom stereocenters. The van der Waals surface area contributed by atoms with E-state index in [2.05, 4.69) is 12.2 Å². The fraction of sp³-hybridized carbons (Fsp3) is 0.429. The van der Waals surface area contributed by atoms with Gasteiger partial charge >= 0.3 is 5.97 Å². The Morgan fingerprint density at radius 2 is 1.96 bits per heavy atom. The molecule has 0 aliphatic heterocycles. The lowest BCUT2D eigenvalue weighted by atomic mass is 9.90. The molecular formula is C21H23NO3S. The molecule has 1 aromatic heterocycles. The van der Waals surface area contributed by atoms with Crippen LogP contribution < -0.4 is 5.32 Å². The van der Waals surface area contributed by atoms with Crippen molar-refractivity contribution in [3.05, 3.63) is 57.3 Å². The van der Waals surface area contributed by atoms with Gasteiger partial charge < -0.3 is 10.1 Å². The zero-order valence-electron chi connectivity index (χ0n) is 14.9. The SMILES string of the molecule is C[C@H]1CCc2sc(C(=O)O[C@@H](C(=O)NC3CC3)c3ccccc3)cc2C1. The molecule has 2 aromatic rings. The average molecular weight is 369 g/mol. The second-order valence-corrected chi connectivity index (χ2v) is 8.52. The molecule has 4 rings (SSSR count). The molecule has 1 fully saturated rings. The third kappa shape index (κ3) is 3.83. The van der Waals surface area contributed by atoms with E-state index in [0.29, 0.717) is 16.4 Å². The smallest absolute Gasteiger partial charge is 0.349 e. The van der Waals surface area contributed by atoms with Gasteiger partial charge in [0, 0.05) is 16.5 Å². The highest BCUT2D eigenvalue weighted by Gasteiger charge is 2.32. The molecule has 2 atom stereocenters. The first-order valence-corrected chi connectivity index (χ1v) is 10.1. The van der Waals surface area contributed by atoms with Crippen molar-refractivity contribution in [3.8, 4) is 0 Å². The van der Waals surface area contributed by atoms with E-state index in [1.807, 2.05) is 36.4 Å². The summed E-state index contributed by atoms with van der Waals surface area (Å²) in [5.41, 5.74) is 1.97. The Kier molecular flexibility index (Phi) is 4.81. The molecule has 0 saturated heterocycles. The molecule has 5 heteroatoms. The highest BCUT2D eigenvalue weighted by Crippen LogP contribution is 2.33. The Morgan fingerprint density at radius 3 is 2.69 bits per heavy atom. The summed E-state index contributed by atoms with van der Waals surface area (Å²) in [5.74, 6) is 0.0150. The third-order valence-corrected chi connectivity index (χ3v) is 6.24. The number of esters is 1. The summed E-state index contributed by atoms with van der Waals surface area (Å²) in [6, 6.07) is 11.4. The second-order valence-electron chi connectivity index (χ2n) is 7.39. The lowest BCUT2D eigenvalue weighted by Gasteiger charge is -2.17. The fourth-order valence-electron chi connectivity index (χ4n) is 3.38. The lowest BCUT2D eigenvalue weighted by molar-refractivity contribution is -0.130. The van der Waals surface area contributed by atoms with Crippen LogP contribution in [0.25, 0.3) is 0 Å². The van der Waals surface area contributed by atoms with Gasteiger partial charge in [-0.05, 0) is 49.7 Å². The fourth-order valence-corrected chi connectivity index (χ4v) is 4.47. The molecule has 1 aromatic carbocycles. The van der Waals surface area contributed by atoms with Gasteiger partial charge in [-0.25, -0.2) is 4.79 Å². The zero-order chi connectivity index (χ0) is 18.1. The summed E-state index contributed by atoms with van der Waals surface area (Å²) < 4.78 is 5.68. The Morgan fingerprint density at radius 1 is 1.19 bits per heavy atom. The molecule has 0 spiro atoms. The monoisotopic (exact) mass is 369 g/mol. The van der Waals surface area contributed by atoms with Gasteiger partial charge in [-0.2, -0.15) is 0 Å². The number of nitrogens with one attached hydrogen (secondary N) is 1. The summed E-state index contributed by atoms with van der Waals surface area (Å²) >= 11 is 1.51. The summed E-state index contributed by atoms with van der Waals surface area (Å²) in [6.45, 7) is 2.24. The molecular weight excluding hydrogens is 346 g/mol. The molecule has 0 bridgehead atoms. The zero-order valence-corrected chi connectivity index (χ0v) is 15.7. The number of amides is 1.